The lowest BCUT2D eigenvalue weighted by molar-refractivity contribution is 0.600. The molecule has 1 aliphatic heterocycles. The first kappa shape index (κ1) is 16.5. The zero-order valence-corrected chi connectivity index (χ0v) is 15.0. The summed E-state index contributed by atoms with van der Waals surface area (Å²) in [4.78, 5) is 4.24. The van der Waals surface area contributed by atoms with Crippen LogP contribution < -0.4 is 10.6 Å². The molecule has 0 bridgehead atoms. The number of hydrogen-bond acceptors (Lipinski definition) is 3. The van der Waals surface area contributed by atoms with Crippen molar-refractivity contribution >= 4 is 29.9 Å². The number of rotatable bonds is 4. The highest BCUT2D eigenvalue weighted by molar-refractivity contribution is 14.0. The summed E-state index contributed by atoms with van der Waals surface area (Å²) in [5.74, 6) is 3.18. The molecule has 2 aliphatic rings. The molecule has 2 heterocycles. The van der Waals surface area contributed by atoms with Crippen LogP contribution in [-0.4, -0.2) is 40.4 Å². The van der Waals surface area contributed by atoms with Crippen LogP contribution in [-0.2, 0) is 19.4 Å². The molecule has 1 saturated carbocycles. The number of aromatic nitrogens is 3. The lowest BCUT2D eigenvalue weighted by Crippen LogP contribution is -2.39. The SMILES string of the molecule is CN=C(NCCc1nnc2n1CCCCC2)NC1CC1.I. The van der Waals surface area contributed by atoms with Crippen molar-refractivity contribution in [2.24, 2.45) is 4.99 Å². The highest BCUT2D eigenvalue weighted by Crippen LogP contribution is 2.18. The lowest BCUT2D eigenvalue weighted by Gasteiger charge is -2.11. The molecule has 0 radical (unpaired) electrons. The molecule has 0 saturated heterocycles. The van der Waals surface area contributed by atoms with Gasteiger partial charge in [0.25, 0.3) is 0 Å². The molecule has 0 spiro atoms. The first-order valence-electron chi connectivity index (χ1n) is 7.75. The topological polar surface area (TPSA) is 67.1 Å². The van der Waals surface area contributed by atoms with Crippen LogP contribution in [0.3, 0.4) is 0 Å². The number of guanidine groups is 1. The molecular weight excluding hydrogens is 379 g/mol. The van der Waals surface area contributed by atoms with Crippen LogP contribution in [0, 0.1) is 0 Å². The van der Waals surface area contributed by atoms with Gasteiger partial charge in [-0.25, -0.2) is 0 Å². The fraction of sp³-hybridized carbons (Fsp3) is 0.786. The first-order chi connectivity index (χ1) is 9.86. The Labute approximate surface area is 143 Å². The summed E-state index contributed by atoms with van der Waals surface area (Å²) in [6.07, 6.45) is 8.30. The second-order valence-corrected chi connectivity index (χ2v) is 5.66. The largest absolute Gasteiger partial charge is 0.356 e. The van der Waals surface area contributed by atoms with Crippen LogP contribution >= 0.6 is 24.0 Å². The van der Waals surface area contributed by atoms with Gasteiger partial charge in [0.1, 0.15) is 11.6 Å². The van der Waals surface area contributed by atoms with E-state index in [0.29, 0.717) is 6.04 Å². The molecule has 2 N–H and O–H groups in total. The quantitative estimate of drug-likeness (QED) is 0.454. The maximum absolute atomic E-state index is 4.35. The Morgan fingerprint density at radius 3 is 2.90 bits per heavy atom. The van der Waals surface area contributed by atoms with E-state index in [9.17, 15) is 0 Å². The fourth-order valence-corrected chi connectivity index (χ4v) is 2.64. The predicted molar refractivity (Wildman–Crippen MR) is 94.2 cm³/mol. The van der Waals surface area contributed by atoms with Crippen molar-refractivity contribution < 1.29 is 0 Å². The van der Waals surface area contributed by atoms with E-state index in [1.807, 2.05) is 7.05 Å². The molecule has 1 aromatic heterocycles. The molecule has 0 atom stereocenters. The average molecular weight is 404 g/mol. The fourth-order valence-electron chi connectivity index (χ4n) is 2.64. The second kappa shape index (κ2) is 7.95. The number of fused-ring (bicyclic) bond motifs is 1. The van der Waals surface area contributed by atoms with Crippen LogP contribution in [0.25, 0.3) is 0 Å². The number of aryl methyl sites for hydroxylation is 1. The van der Waals surface area contributed by atoms with Gasteiger partial charge in [0.15, 0.2) is 5.96 Å². The molecule has 1 fully saturated rings. The summed E-state index contributed by atoms with van der Waals surface area (Å²) in [6, 6.07) is 0.630. The van der Waals surface area contributed by atoms with Gasteiger partial charge in [-0.2, -0.15) is 0 Å². The van der Waals surface area contributed by atoms with E-state index < -0.39 is 0 Å². The van der Waals surface area contributed by atoms with E-state index in [-0.39, 0.29) is 24.0 Å². The highest BCUT2D eigenvalue weighted by atomic mass is 127. The van der Waals surface area contributed by atoms with Crippen molar-refractivity contribution in [3.63, 3.8) is 0 Å². The van der Waals surface area contributed by atoms with Crippen molar-refractivity contribution in [2.75, 3.05) is 13.6 Å². The maximum atomic E-state index is 4.35. The van der Waals surface area contributed by atoms with Gasteiger partial charge in [0.2, 0.25) is 0 Å². The van der Waals surface area contributed by atoms with Gasteiger partial charge in [-0.05, 0) is 25.7 Å². The van der Waals surface area contributed by atoms with E-state index >= 15 is 0 Å². The Bertz CT molecular complexity index is 480. The Hall–Kier alpha value is -0.860. The molecule has 0 aromatic carbocycles. The minimum absolute atomic E-state index is 0. The first-order valence-corrected chi connectivity index (χ1v) is 7.75. The maximum Gasteiger partial charge on any atom is 0.191 e. The Morgan fingerprint density at radius 1 is 1.29 bits per heavy atom. The van der Waals surface area contributed by atoms with Gasteiger partial charge in [-0.15, -0.1) is 34.2 Å². The van der Waals surface area contributed by atoms with E-state index in [0.717, 1.165) is 43.5 Å². The molecule has 7 heteroatoms. The number of nitrogens with zero attached hydrogens (tertiary/aromatic N) is 4. The van der Waals surface area contributed by atoms with E-state index in [1.54, 1.807) is 0 Å². The third-order valence-electron chi connectivity index (χ3n) is 3.97. The minimum Gasteiger partial charge on any atom is -0.356 e. The van der Waals surface area contributed by atoms with Crippen molar-refractivity contribution in [2.45, 2.75) is 57.5 Å². The Balaban J connectivity index is 0.00000161. The third-order valence-corrected chi connectivity index (χ3v) is 3.97. The molecule has 21 heavy (non-hydrogen) atoms. The summed E-state index contributed by atoms with van der Waals surface area (Å²) in [5, 5.41) is 15.4. The molecule has 3 rings (SSSR count). The summed E-state index contributed by atoms with van der Waals surface area (Å²) in [7, 11) is 1.82. The summed E-state index contributed by atoms with van der Waals surface area (Å²) in [5.41, 5.74) is 0. The summed E-state index contributed by atoms with van der Waals surface area (Å²) < 4.78 is 2.31. The summed E-state index contributed by atoms with van der Waals surface area (Å²) in [6.45, 7) is 1.93. The third kappa shape index (κ3) is 4.55. The molecule has 1 aromatic rings. The number of hydrogen-bond donors (Lipinski definition) is 2. The Morgan fingerprint density at radius 2 is 2.14 bits per heavy atom. The van der Waals surface area contributed by atoms with Crippen LogP contribution in [0.4, 0.5) is 0 Å². The number of aliphatic imine (C=N–C) groups is 1. The van der Waals surface area contributed by atoms with Crippen LogP contribution in [0.15, 0.2) is 4.99 Å². The highest BCUT2D eigenvalue weighted by Gasteiger charge is 2.22. The van der Waals surface area contributed by atoms with Gasteiger partial charge in [0.05, 0.1) is 0 Å². The number of nitrogens with one attached hydrogen (secondary N) is 2. The van der Waals surface area contributed by atoms with E-state index in [4.69, 9.17) is 0 Å². The zero-order chi connectivity index (χ0) is 13.8. The minimum atomic E-state index is 0. The van der Waals surface area contributed by atoms with Crippen LogP contribution in [0.1, 0.15) is 43.8 Å². The zero-order valence-electron chi connectivity index (χ0n) is 12.6. The monoisotopic (exact) mass is 404 g/mol. The smallest absolute Gasteiger partial charge is 0.191 e. The molecule has 0 unspecified atom stereocenters. The normalized spacial score (nSPS) is 18.4. The van der Waals surface area contributed by atoms with Crippen molar-refractivity contribution in [1.29, 1.82) is 0 Å². The van der Waals surface area contributed by atoms with Gasteiger partial charge < -0.3 is 15.2 Å². The van der Waals surface area contributed by atoms with Crippen molar-refractivity contribution in [3.8, 4) is 0 Å². The predicted octanol–water partition coefficient (Wildman–Crippen LogP) is 1.49. The van der Waals surface area contributed by atoms with Crippen LogP contribution in [0.5, 0.6) is 0 Å². The van der Waals surface area contributed by atoms with Crippen molar-refractivity contribution in [1.82, 2.24) is 25.4 Å². The average Bonchev–Trinajstić information content (AvgIpc) is 3.24. The molecule has 0 amide bonds. The van der Waals surface area contributed by atoms with E-state index in [2.05, 4.69) is 30.4 Å². The van der Waals surface area contributed by atoms with Crippen molar-refractivity contribution in [3.05, 3.63) is 11.6 Å². The van der Waals surface area contributed by atoms with E-state index in [1.165, 1.54) is 32.1 Å². The standard InChI is InChI=1S/C14H24N6.HI/c1-15-14(17-11-6-7-11)16-9-8-13-19-18-12-5-3-2-4-10-20(12)13;/h11H,2-10H2,1H3,(H2,15,16,17);1H. The molecule has 6 nitrogen and oxygen atoms in total. The van der Waals surface area contributed by atoms with Gasteiger partial charge in [0, 0.05) is 39.0 Å². The lowest BCUT2D eigenvalue weighted by atomic mass is 10.2. The van der Waals surface area contributed by atoms with Gasteiger partial charge in [-0.3, -0.25) is 4.99 Å². The summed E-state index contributed by atoms with van der Waals surface area (Å²) >= 11 is 0. The molecule has 1 aliphatic carbocycles. The Kier molecular flexibility index (Phi) is 6.25. The second-order valence-electron chi connectivity index (χ2n) is 5.66. The molecule has 118 valence electrons. The molecular formula is C14H25IN6. The van der Waals surface area contributed by atoms with Crippen LogP contribution in [0.2, 0.25) is 0 Å². The van der Waals surface area contributed by atoms with Gasteiger partial charge in [-0.1, -0.05) is 6.42 Å². The number of halogens is 1. The van der Waals surface area contributed by atoms with Gasteiger partial charge >= 0.3 is 0 Å².